The van der Waals surface area contributed by atoms with Crippen LogP contribution in [0.4, 0.5) is 0 Å². The number of ether oxygens (including phenoxy) is 1. The van der Waals surface area contributed by atoms with Gasteiger partial charge in [-0.2, -0.15) is 15.4 Å². The van der Waals surface area contributed by atoms with Gasteiger partial charge in [0.05, 0.1) is 23.4 Å². The van der Waals surface area contributed by atoms with Crippen LogP contribution in [-0.4, -0.2) is 74.1 Å². The van der Waals surface area contributed by atoms with E-state index >= 15 is 0 Å². The third-order valence-electron chi connectivity index (χ3n) is 11.3. The van der Waals surface area contributed by atoms with E-state index in [0.29, 0.717) is 11.8 Å². The molecule has 2 saturated heterocycles. The molecular weight excluding hydrogens is 440 g/mol. The van der Waals surface area contributed by atoms with Gasteiger partial charge in [-0.3, -0.25) is 0 Å². The molecule has 9 unspecified atom stereocenters. The lowest BCUT2D eigenvalue weighted by atomic mass is 9.57. The zero-order chi connectivity index (χ0) is 24.0. The van der Waals surface area contributed by atoms with Crippen molar-refractivity contribution in [3.63, 3.8) is 0 Å². The quantitative estimate of drug-likeness (QED) is 0.579. The molecule has 3 spiro atoms. The maximum absolute atomic E-state index is 11.5. The number of nitrogens with zero attached hydrogens (tertiary/aromatic N) is 3. The minimum atomic E-state index is -0.731. The van der Waals surface area contributed by atoms with Crippen LogP contribution in [0.3, 0.4) is 0 Å². The molecule has 4 aliphatic carbocycles. The number of likely N-dealkylation sites (N-methyl/N-ethyl adjacent to an activating group) is 1. The normalized spacial score (nSPS) is 49.3. The number of rotatable bonds is 2. The van der Waals surface area contributed by atoms with Crippen molar-refractivity contribution in [2.24, 2.45) is 22.7 Å². The first-order valence-electron chi connectivity index (χ1n) is 13.2. The largest absolute Gasteiger partial charge is 0.390 e. The Balaban J connectivity index is 1.22. The van der Waals surface area contributed by atoms with E-state index in [4.69, 9.17) is 4.74 Å². The minimum absolute atomic E-state index is 0.00488. The van der Waals surface area contributed by atoms with E-state index in [1.54, 1.807) is 0 Å². The van der Waals surface area contributed by atoms with Gasteiger partial charge in [-0.25, -0.2) is 0 Å². The Labute approximate surface area is 205 Å². The van der Waals surface area contributed by atoms with Gasteiger partial charge in [-0.15, -0.1) is 0 Å². The Hall–Kier alpha value is -2.06. The average Bonchev–Trinajstić information content (AvgIpc) is 3.11. The summed E-state index contributed by atoms with van der Waals surface area (Å²) in [5.41, 5.74) is 4.95. The van der Waals surface area contributed by atoms with Gasteiger partial charge in [0, 0.05) is 22.8 Å². The van der Waals surface area contributed by atoms with Crippen molar-refractivity contribution in [1.29, 1.82) is 0 Å². The molecule has 2 bridgehead atoms. The SMILES string of the molecule is CN(C)C1CC23CCC4(O2)C(=CCC2(C)C(c5ccc6n[nH]nc6c5)=CCC24)C2CC23C(O)C1O. The van der Waals surface area contributed by atoms with Crippen molar-refractivity contribution in [3.8, 4) is 0 Å². The summed E-state index contributed by atoms with van der Waals surface area (Å²) < 4.78 is 7.42. The van der Waals surface area contributed by atoms with E-state index in [1.807, 2.05) is 14.1 Å². The Morgan fingerprint density at radius 3 is 2.74 bits per heavy atom. The zero-order valence-electron chi connectivity index (χ0n) is 20.7. The molecule has 7 nitrogen and oxygen atoms in total. The fraction of sp³-hybridized carbons (Fsp3) is 0.643. The highest BCUT2D eigenvalue weighted by Gasteiger charge is 2.84. The number of nitrogens with one attached hydrogen (secondary N) is 1. The standard InChI is InChI=1S/C28H34N4O3/c1-25-9-8-17-18-13-27(18)24(34)23(33)21(32(2)3)14-26(27)10-11-28(17,35-26)22(25)7-5-16(25)15-4-6-19-20(12-15)30-31-29-19/h4-6,8,12,18,21-24,33-34H,7,9-11,13-14H2,1-3H3,(H,29,30,31). The number of aromatic nitrogens is 3. The highest BCUT2D eigenvalue weighted by molar-refractivity contribution is 5.82. The Kier molecular flexibility index (Phi) is 3.76. The van der Waals surface area contributed by atoms with E-state index in [2.05, 4.69) is 57.6 Å². The van der Waals surface area contributed by atoms with Gasteiger partial charge < -0.3 is 19.8 Å². The molecule has 184 valence electrons. The number of fused-ring (bicyclic) bond motifs is 3. The highest BCUT2D eigenvalue weighted by Crippen LogP contribution is 2.81. The van der Waals surface area contributed by atoms with E-state index in [-0.39, 0.29) is 28.1 Å². The van der Waals surface area contributed by atoms with Gasteiger partial charge in [0.2, 0.25) is 0 Å². The van der Waals surface area contributed by atoms with Crippen molar-refractivity contribution < 1.29 is 14.9 Å². The first-order chi connectivity index (χ1) is 16.8. The summed E-state index contributed by atoms with van der Waals surface area (Å²) in [6, 6.07) is 6.33. The van der Waals surface area contributed by atoms with Crippen LogP contribution in [0.5, 0.6) is 0 Å². The summed E-state index contributed by atoms with van der Waals surface area (Å²) in [5.74, 6) is 0.726. The fourth-order valence-electron chi connectivity index (χ4n) is 9.64. The molecule has 2 aliphatic heterocycles. The predicted octanol–water partition coefficient (Wildman–Crippen LogP) is 3.06. The zero-order valence-corrected chi connectivity index (χ0v) is 20.7. The lowest BCUT2D eigenvalue weighted by Gasteiger charge is -2.59. The molecular formula is C28H34N4O3. The number of hydrogen-bond donors (Lipinski definition) is 3. The van der Waals surface area contributed by atoms with Crippen LogP contribution in [-0.2, 0) is 4.74 Å². The Bertz CT molecular complexity index is 1330. The monoisotopic (exact) mass is 474 g/mol. The molecule has 2 saturated carbocycles. The number of aliphatic hydroxyl groups excluding tert-OH is 2. The van der Waals surface area contributed by atoms with E-state index < -0.39 is 12.2 Å². The highest BCUT2D eigenvalue weighted by atomic mass is 16.5. The number of H-pyrrole nitrogens is 1. The first-order valence-corrected chi connectivity index (χ1v) is 13.2. The second kappa shape index (κ2) is 6.25. The van der Waals surface area contributed by atoms with Crippen LogP contribution in [0.2, 0.25) is 0 Å². The Morgan fingerprint density at radius 2 is 1.91 bits per heavy atom. The molecule has 35 heavy (non-hydrogen) atoms. The molecule has 1 aromatic carbocycles. The molecule has 9 atom stereocenters. The fourth-order valence-corrected chi connectivity index (χ4v) is 9.64. The second-order valence-electron chi connectivity index (χ2n) is 12.7. The van der Waals surface area contributed by atoms with Crippen LogP contribution in [0, 0.1) is 22.7 Å². The first kappa shape index (κ1) is 21.1. The molecule has 7 heteroatoms. The van der Waals surface area contributed by atoms with Crippen LogP contribution < -0.4 is 0 Å². The molecule has 8 rings (SSSR count). The molecule has 0 amide bonds. The summed E-state index contributed by atoms with van der Waals surface area (Å²) in [6.07, 6.45) is 9.20. The molecule has 0 radical (unpaired) electrons. The lowest BCUT2D eigenvalue weighted by molar-refractivity contribution is -0.248. The number of aliphatic hydroxyl groups is 2. The lowest BCUT2D eigenvalue weighted by Crippen LogP contribution is -2.67. The average molecular weight is 475 g/mol. The molecule has 6 aliphatic rings. The third kappa shape index (κ3) is 2.21. The summed E-state index contributed by atoms with van der Waals surface area (Å²) in [4.78, 5) is 2.08. The van der Waals surface area contributed by atoms with Crippen molar-refractivity contribution in [2.75, 3.05) is 14.1 Å². The molecule has 1 aromatic heterocycles. The van der Waals surface area contributed by atoms with Gasteiger partial charge >= 0.3 is 0 Å². The number of benzene rings is 1. The van der Waals surface area contributed by atoms with Crippen molar-refractivity contribution in [3.05, 3.63) is 41.5 Å². The van der Waals surface area contributed by atoms with Gasteiger partial charge in [-0.1, -0.05) is 25.1 Å². The predicted molar refractivity (Wildman–Crippen MR) is 131 cm³/mol. The molecule has 2 aromatic rings. The van der Waals surface area contributed by atoms with Crippen LogP contribution in [0.15, 0.2) is 35.9 Å². The van der Waals surface area contributed by atoms with Crippen molar-refractivity contribution in [2.45, 2.75) is 74.9 Å². The number of hydrogen-bond acceptors (Lipinski definition) is 6. The van der Waals surface area contributed by atoms with Crippen LogP contribution >= 0.6 is 0 Å². The van der Waals surface area contributed by atoms with Gasteiger partial charge in [0.1, 0.15) is 11.0 Å². The Morgan fingerprint density at radius 1 is 1.09 bits per heavy atom. The van der Waals surface area contributed by atoms with Gasteiger partial charge in [0.25, 0.3) is 0 Å². The van der Waals surface area contributed by atoms with Crippen LogP contribution in [0.1, 0.15) is 51.0 Å². The molecule has 3 N–H and O–H groups in total. The number of aromatic amines is 1. The summed E-state index contributed by atoms with van der Waals surface area (Å²) in [7, 11) is 4.02. The van der Waals surface area contributed by atoms with Crippen molar-refractivity contribution >= 4 is 16.6 Å². The van der Waals surface area contributed by atoms with E-state index in [0.717, 1.165) is 49.6 Å². The van der Waals surface area contributed by atoms with E-state index in [1.165, 1.54) is 16.7 Å². The minimum Gasteiger partial charge on any atom is -0.390 e. The maximum Gasteiger partial charge on any atom is 0.113 e. The van der Waals surface area contributed by atoms with Gasteiger partial charge in [0.15, 0.2) is 0 Å². The third-order valence-corrected chi connectivity index (χ3v) is 11.3. The topological polar surface area (TPSA) is 94.5 Å². The van der Waals surface area contributed by atoms with Gasteiger partial charge in [-0.05, 0) is 87.4 Å². The van der Waals surface area contributed by atoms with Crippen LogP contribution in [0.25, 0.3) is 16.6 Å². The summed E-state index contributed by atoms with van der Waals surface area (Å²) >= 11 is 0. The van der Waals surface area contributed by atoms with E-state index in [9.17, 15) is 10.2 Å². The second-order valence-corrected chi connectivity index (χ2v) is 12.7. The molecule has 3 heterocycles. The number of allylic oxidation sites excluding steroid dienone is 3. The van der Waals surface area contributed by atoms with Crippen molar-refractivity contribution in [1.82, 2.24) is 20.3 Å². The summed E-state index contributed by atoms with van der Waals surface area (Å²) in [5, 5.41) is 33.9. The molecule has 4 fully saturated rings. The maximum atomic E-state index is 11.5. The summed E-state index contributed by atoms with van der Waals surface area (Å²) in [6.45, 7) is 2.43. The smallest absolute Gasteiger partial charge is 0.113 e.